The number of carboxylic acid groups (broad SMARTS) is 1. The molecule has 1 aromatic carbocycles. The molecule has 0 aliphatic heterocycles. The van der Waals surface area contributed by atoms with Crippen LogP contribution in [0.25, 0.3) is 11.3 Å². The second-order valence-electron chi connectivity index (χ2n) is 4.35. The molecule has 12 nitrogen and oxygen atoms in total. The Balaban J connectivity index is 2.71. The van der Waals surface area contributed by atoms with E-state index >= 15 is 0 Å². The molecule has 0 saturated carbocycles. The molecule has 24 heavy (non-hydrogen) atoms. The van der Waals surface area contributed by atoms with Gasteiger partial charge in [0.15, 0.2) is 23.8 Å². The van der Waals surface area contributed by atoms with Crippen LogP contribution in [0.4, 0.5) is 5.69 Å². The standard InChI is InChI=1S/C12H11N5O7/c1-23-7-3-5(17(21)22)2-6(11(7)24-4-8(18)19)9-10(12(13)20)15-16-14-9/h2-3H,4H2,1H3,(H2,13,20)(H,18,19)(H,14,15,16). The first-order valence-corrected chi connectivity index (χ1v) is 6.27. The number of carbonyl (C=O) groups is 2. The zero-order valence-electron chi connectivity index (χ0n) is 12.2. The van der Waals surface area contributed by atoms with E-state index in [-0.39, 0.29) is 34.1 Å². The van der Waals surface area contributed by atoms with Crippen molar-refractivity contribution in [3.63, 3.8) is 0 Å². The van der Waals surface area contributed by atoms with Crippen molar-refractivity contribution < 1.29 is 29.1 Å². The first-order chi connectivity index (χ1) is 11.3. The van der Waals surface area contributed by atoms with Gasteiger partial charge in [0.1, 0.15) is 5.69 Å². The van der Waals surface area contributed by atoms with E-state index in [4.69, 9.17) is 20.3 Å². The van der Waals surface area contributed by atoms with E-state index < -0.39 is 23.4 Å². The fraction of sp³-hybridized carbons (Fsp3) is 0.167. The third-order valence-electron chi connectivity index (χ3n) is 2.85. The largest absolute Gasteiger partial charge is 0.493 e. The third-order valence-corrected chi connectivity index (χ3v) is 2.85. The smallest absolute Gasteiger partial charge is 0.341 e. The van der Waals surface area contributed by atoms with E-state index in [9.17, 15) is 19.7 Å². The molecule has 0 aliphatic carbocycles. The highest BCUT2D eigenvalue weighted by atomic mass is 16.6. The van der Waals surface area contributed by atoms with Gasteiger partial charge in [-0.1, -0.05) is 0 Å². The summed E-state index contributed by atoms with van der Waals surface area (Å²) >= 11 is 0. The number of methoxy groups -OCH3 is 1. The fourth-order valence-electron chi connectivity index (χ4n) is 1.89. The third kappa shape index (κ3) is 3.21. The lowest BCUT2D eigenvalue weighted by Gasteiger charge is -2.13. The van der Waals surface area contributed by atoms with Crippen LogP contribution in [0.15, 0.2) is 12.1 Å². The van der Waals surface area contributed by atoms with Gasteiger partial charge in [0.25, 0.3) is 11.6 Å². The van der Waals surface area contributed by atoms with Crippen LogP contribution in [-0.2, 0) is 4.79 Å². The van der Waals surface area contributed by atoms with Gasteiger partial charge in [-0.05, 0) is 0 Å². The summed E-state index contributed by atoms with van der Waals surface area (Å²) < 4.78 is 10.1. The number of amides is 1. The maximum Gasteiger partial charge on any atom is 0.341 e. The monoisotopic (exact) mass is 337 g/mol. The maximum absolute atomic E-state index is 11.4. The van der Waals surface area contributed by atoms with Gasteiger partial charge < -0.3 is 20.3 Å². The first-order valence-electron chi connectivity index (χ1n) is 6.27. The van der Waals surface area contributed by atoms with Gasteiger partial charge in [0.2, 0.25) is 0 Å². The Morgan fingerprint density at radius 3 is 2.67 bits per heavy atom. The minimum atomic E-state index is -1.28. The van der Waals surface area contributed by atoms with Gasteiger partial charge in [-0.2, -0.15) is 15.4 Å². The molecule has 12 heteroatoms. The Bertz CT molecular complexity index is 816. The van der Waals surface area contributed by atoms with Crippen LogP contribution in [0.5, 0.6) is 11.5 Å². The van der Waals surface area contributed by atoms with Crippen molar-refractivity contribution in [1.82, 2.24) is 15.4 Å². The average molecular weight is 337 g/mol. The number of non-ortho nitro benzene ring substituents is 1. The summed E-state index contributed by atoms with van der Waals surface area (Å²) in [6.45, 7) is -0.745. The molecule has 0 spiro atoms. The van der Waals surface area contributed by atoms with Gasteiger partial charge in [-0.3, -0.25) is 14.9 Å². The highest BCUT2D eigenvalue weighted by Gasteiger charge is 2.26. The topological polar surface area (TPSA) is 184 Å². The number of aromatic amines is 1. The number of hydrogen-bond donors (Lipinski definition) is 3. The molecule has 2 rings (SSSR count). The number of carboxylic acids is 1. The van der Waals surface area contributed by atoms with Crippen LogP contribution < -0.4 is 15.2 Å². The van der Waals surface area contributed by atoms with E-state index in [2.05, 4.69) is 15.4 Å². The normalized spacial score (nSPS) is 10.2. The number of aliphatic carboxylic acids is 1. The molecule has 0 saturated heterocycles. The summed E-state index contributed by atoms with van der Waals surface area (Å²) in [5, 5.41) is 29.3. The number of ether oxygens (including phenoxy) is 2. The van der Waals surface area contributed by atoms with E-state index in [0.717, 1.165) is 12.1 Å². The molecule has 0 atom stereocenters. The van der Waals surface area contributed by atoms with Gasteiger partial charge >= 0.3 is 5.97 Å². The Morgan fingerprint density at radius 1 is 1.42 bits per heavy atom. The summed E-state index contributed by atoms with van der Waals surface area (Å²) in [5.74, 6) is -2.48. The number of H-pyrrole nitrogens is 1. The van der Waals surface area contributed by atoms with Crippen molar-refractivity contribution in [1.29, 1.82) is 0 Å². The molecule has 0 aliphatic rings. The maximum atomic E-state index is 11.4. The van der Waals surface area contributed by atoms with Crippen molar-refractivity contribution in [2.24, 2.45) is 5.73 Å². The quantitative estimate of drug-likeness (QED) is 0.460. The number of aromatic nitrogens is 3. The zero-order chi connectivity index (χ0) is 17.9. The first kappa shape index (κ1) is 16.7. The van der Waals surface area contributed by atoms with Crippen LogP contribution in [0, 0.1) is 10.1 Å². The molecule has 2 aromatic rings. The van der Waals surface area contributed by atoms with E-state index in [1.807, 2.05) is 0 Å². The van der Waals surface area contributed by atoms with E-state index in [0.29, 0.717) is 0 Å². The Labute approximate surface area is 133 Å². The van der Waals surface area contributed by atoms with Gasteiger partial charge in [-0.15, -0.1) is 0 Å². The summed E-state index contributed by atoms with van der Waals surface area (Å²) in [6, 6.07) is 2.09. The number of nitrogens with one attached hydrogen (secondary N) is 1. The summed E-state index contributed by atoms with van der Waals surface area (Å²) in [5.41, 5.74) is 4.30. The molecular formula is C12H11N5O7. The predicted octanol–water partition coefficient (Wildman–Crippen LogP) is -0.0492. The number of nitro benzene ring substituents is 1. The van der Waals surface area contributed by atoms with Gasteiger partial charge in [-0.25, -0.2) is 4.79 Å². The summed E-state index contributed by atoms with van der Waals surface area (Å²) in [4.78, 5) is 32.5. The molecule has 1 aromatic heterocycles. The van der Waals surface area contributed by atoms with Crippen LogP contribution >= 0.6 is 0 Å². The Hall–Kier alpha value is -3.70. The zero-order valence-corrected chi connectivity index (χ0v) is 12.2. The number of nitrogens with two attached hydrogens (primary N) is 1. The van der Waals surface area contributed by atoms with E-state index in [1.165, 1.54) is 7.11 Å². The molecular weight excluding hydrogens is 326 g/mol. The number of nitrogens with zero attached hydrogens (tertiary/aromatic N) is 3. The van der Waals surface area contributed by atoms with Gasteiger partial charge in [0.05, 0.1) is 23.7 Å². The number of benzene rings is 1. The second-order valence-corrected chi connectivity index (χ2v) is 4.35. The van der Waals surface area contributed by atoms with Crippen LogP contribution in [-0.4, -0.2) is 51.0 Å². The average Bonchev–Trinajstić information content (AvgIpc) is 3.01. The number of nitro groups is 1. The van der Waals surface area contributed by atoms with Crippen molar-refractivity contribution in [2.45, 2.75) is 0 Å². The minimum Gasteiger partial charge on any atom is -0.493 e. The van der Waals surface area contributed by atoms with Crippen LogP contribution in [0.1, 0.15) is 10.5 Å². The molecule has 4 N–H and O–H groups in total. The minimum absolute atomic E-state index is 0.0650. The van der Waals surface area contributed by atoms with Crippen molar-refractivity contribution in [3.05, 3.63) is 27.9 Å². The Morgan fingerprint density at radius 2 is 2.12 bits per heavy atom. The number of rotatable bonds is 7. The highest BCUT2D eigenvalue weighted by Crippen LogP contribution is 2.41. The summed E-state index contributed by atoms with van der Waals surface area (Å²) in [7, 11) is 1.22. The number of carbonyl (C=O) groups excluding carboxylic acids is 1. The molecule has 0 unspecified atom stereocenters. The molecule has 1 amide bonds. The highest BCUT2D eigenvalue weighted by molar-refractivity contribution is 5.98. The van der Waals surface area contributed by atoms with Crippen molar-refractivity contribution in [3.8, 4) is 22.8 Å². The van der Waals surface area contributed by atoms with Crippen molar-refractivity contribution >= 4 is 17.6 Å². The molecule has 0 radical (unpaired) electrons. The molecule has 0 fully saturated rings. The molecule has 1 heterocycles. The SMILES string of the molecule is COc1cc([N+](=O)[O-])cc(-c2n[nH]nc2C(N)=O)c1OCC(=O)O. The lowest BCUT2D eigenvalue weighted by molar-refractivity contribution is -0.384. The number of hydrogen-bond acceptors (Lipinski definition) is 8. The second kappa shape index (κ2) is 6.60. The van der Waals surface area contributed by atoms with Gasteiger partial charge in [0, 0.05) is 6.07 Å². The fourth-order valence-corrected chi connectivity index (χ4v) is 1.89. The summed E-state index contributed by atoms with van der Waals surface area (Å²) in [6.07, 6.45) is 0. The number of primary amides is 1. The lowest BCUT2D eigenvalue weighted by Crippen LogP contribution is -2.14. The molecule has 126 valence electrons. The van der Waals surface area contributed by atoms with E-state index in [1.54, 1.807) is 0 Å². The Kier molecular flexibility index (Phi) is 4.58. The van der Waals surface area contributed by atoms with Crippen LogP contribution in [0.2, 0.25) is 0 Å². The molecule has 0 bridgehead atoms. The lowest BCUT2D eigenvalue weighted by atomic mass is 10.1. The van der Waals surface area contributed by atoms with Crippen molar-refractivity contribution in [2.75, 3.05) is 13.7 Å². The predicted molar refractivity (Wildman–Crippen MR) is 76.7 cm³/mol. The van der Waals surface area contributed by atoms with Crippen LogP contribution in [0.3, 0.4) is 0 Å².